The fourth-order valence-electron chi connectivity index (χ4n) is 1.55. The third kappa shape index (κ3) is 3.38. The van der Waals surface area contributed by atoms with E-state index in [4.69, 9.17) is 4.84 Å². The van der Waals surface area contributed by atoms with Crippen molar-refractivity contribution >= 4 is 10.0 Å². The highest BCUT2D eigenvalue weighted by Gasteiger charge is 2.23. The van der Waals surface area contributed by atoms with Gasteiger partial charge in [0.15, 0.2) is 4.90 Å². The summed E-state index contributed by atoms with van der Waals surface area (Å²) >= 11 is 0. The Morgan fingerprint density at radius 1 is 0.950 bits per heavy atom. The molecule has 0 saturated carbocycles. The van der Waals surface area contributed by atoms with E-state index >= 15 is 0 Å². The Labute approximate surface area is 115 Å². The molecule has 2 aromatic carbocycles. The van der Waals surface area contributed by atoms with Crippen molar-refractivity contribution in [2.45, 2.75) is 11.5 Å². The van der Waals surface area contributed by atoms with Gasteiger partial charge in [0.2, 0.25) is 0 Å². The van der Waals surface area contributed by atoms with Crippen molar-refractivity contribution < 1.29 is 22.0 Å². The smallest absolute Gasteiger partial charge is 0.268 e. The van der Waals surface area contributed by atoms with Gasteiger partial charge in [0.05, 0.1) is 6.61 Å². The number of sulfonamides is 1. The second-order valence-corrected chi connectivity index (χ2v) is 5.49. The lowest BCUT2D eigenvalue weighted by Crippen LogP contribution is -2.25. The molecule has 0 bridgehead atoms. The molecule has 0 unspecified atom stereocenters. The summed E-state index contributed by atoms with van der Waals surface area (Å²) in [5.41, 5.74) is 0.712. The molecule has 106 valence electrons. The zero-order valence-corrected chi connectivity index (χ0v) is 11.0. The molecule has 7 heteroatoms. The van der Waals surface area contributed by atoms with Crippen LogP contribution in [0.5, 0.6) is 0 Å². The molecule has 1 N–H and O–H groups in total. The van der Waals surface area contributed by atoms with Gasteiger partial charge in [-0.2, -0.15) is 0 Å². The van der Waals surface area contributed by atoms with Crippen LogP contribution in [0.15, 0.2) is 53.4 Å². The van der Waals surface area contributed by atoms with Crippen molar-refractivity contribution in [3.8, 4) is 0 Å². The third-order valence-electron chi connectivity index (χ3n) is 2.44. The van der Waals surface area contributed by atoms with Crippen LogP contribution in [0.4, 0.5) is 8.78 Å². The van der Waals surface area contributed by atoms with E-state index in [9.17, 15) is 17.2 Å². The van der Waals surface area contributed by atoms with E-state index < -0.39 is 26.6 Å². The predicted octanol–water partition coefficient (Wildman–Crippen LogP) is 2.37. The highest BCUT2D eigenvalue weighted by Crippen LogP contribution is 2.18. The van der Waals surface area contributed by atoms with Crippen molar-refractivity contribution in [1.82, 2.24) is 4.89 Å². The number of hydrogen-bond acceptors (Lipinski definition) is 3. The maximum absolute atomic E-state index is 13.4. The number of halogens is 2. The summed E-state index contributed by atoms with van der Waals surface area (Å²) in [6, 6.07) is 11.5. The van der Waals surface area contributed by atoms with Gasteiger partial charge in [0, 0.05) is 0 Å². The Bertz CT molecular complexity index is 670. The molecule has 0 aromatic heterocycles. The summed E-state index contributed by atoms with van der Waals surface area (Å²) in [6.07, 6.45) is 0. The van der Waals surface area contributed by atoms with Crippen LogP contribution in [0, 0.1) is 11.6 Å². The number of rotatable bonds is 5. The Balaban J connectivity index is 2.09. The van der Waals surface area contributed by atoms with Gasteiger partial charge in [-0.25, -0.2) is 17.2 Å². The van der Waals surface area contributed by atoms with E-state index in [2.05, 4.69) is 0 Å². The first-order valence-electron chi connectivity index (χ1n) is 5.62. The molecule has 4 nitrogen and oxygen atoms in total. The van der Waals surface area contributed by atoms with E-state index in [1.54, 1.807) is 35.2 Å². The number of nitrogens with one attached hydrogen (secondary N) is 1. The molecular formula is C13H11F2NO3S. The van der Waals surface area contributed by atoms with Crippen molar-refractivity contribution in [3.05, 3.63) is 65.7 Å². The van der Waals surface area contributed by atoms with Crippen LogP contribution in [0.1, 0.15) is 5.56 Å². The third-order valence-corrected chi connectivity index (χ3v) is 3.70. The summed E-state index contributed by atoms with van der Waals surface area (Å²) in [4.78, 5) is 5.41. The Morgan fingerprint density at radius 2 is 1.55 bits per heavy atom. The minimum Gasteiger partial charge on any atom is -0.282 e. The molecule has 0 spiro atoms. The van der Waals surface area contributed by atoms with Gasteiger partial charge < -0.3 is 0 Å². The first kappa shape index (κ1) is 14.6. The van der Waals surface area contributed by atoms with E-state index in [0.717, 1.165) is 18.2 Å². The van der Waals surface area contributed by atoms with Crippen molar-refractivity contribution in [1.29, 1.82) is 0 Å². The predicted molar refractivity (Wildman–Crippen MR) is 67.9 cm³/mol. The Kier molecular flexibility index (Phi) is 4.43. The second-order valence-electron chi connectivity index (χ2n) is 3.91. The minimum absolute atomic E-state index is 0.0594. The molecule has 0 aliphatic heterocycles. The average Bonchev–Trinajstić information content (AvgIpc) is 2.39. The molecular weight excluding hydrogens is 288 g/mol. The summed E-state index contributed by atoms with van der Waals surface area (Å²) in [5, 5.41) is 0. The molecule has 0 aliphatic carbocycles. The summed E-state index contributed by atoms with van der Waals surface area (Å²) in [5.74, 6) is -2.36. The first-order valence-corrected chi connectivity index (χ1v) is 7.10. The zero-order chi connectivity index (χ0) is 14.6. The van der Waals surface area contributed by atoms with Crippen LogP contribution < -0.4 is 4.89 Å². The van der Waals surface area contributed by atoms with Gasteiger partial charge in [-0.05, 0) is 17.7 Å². The molecule has 0 radical (unpaired) electrons. The first-order chi connectivity index (χ1) is 9.50. The largest absolute Gasteiger partial charge is 0.282 e. The molecule has 20 heavy (non-hydrogen) atoms. The Hall–Kier alpha value is -1.83. The van der Waals surface area contributed by atoms with Crippen LogP contribution in [0.3, 0.4) is 0 Å². The van der Waals surface area contributed by atoms with Gasteiger partial charge in [0.25, 0.3) is 10.0 Å². The fraction of sp³-hybridized carbons (Fsp3) is 0.0769. The summed E-state index contributed by atoms with van der Waals surface area (Å²) in [7, 11) is -4.41. The zero-order valence-electron chi connectivity index (χ0n) is 10.2. The van der Waals surface area contributed by atoms with Crippen LogP contribution in [0.2, 0.25) is 0 Å². The van der Waals surface area contributed by atoms with Gasteiger partial charge in [-0.1, -0.05) is 41.3 Å². The van der Waals surface area contributed by atoms with E-state index in [1.807, 2.05) is 0 Å². The standard InChI is InChI=1S/C13H11F2NO3S/c14-11-7-4-8-12(15)13(11)20(17,18)16-19-9-10-5-2-1-3-6-10/h1-8,16H,9H2. The maximum Gasteiger partial charge on any atom is 0.268 e. The lowest BCUT2D eigenvalue weighted by atomic mass is 10.2. The second kappa shape index (κ2) is 6.08. The number of benzene rings is 2. The highest BCUT2D eigenvalue weighted by atomic mass is 32.2. The van der Waals surface area contributed by atoms with Crippen molar-refractivity contribution in [2.24, 2.45) is 0 Å². The highest BCUT2D eigenvalue weighted by molar-refractivity contribution is 7.89. The van der Waals surface area contributed by atoms with Crippen molar-refractivity contribution in [3.63, 3.8) is 0 Å². The van der Waals surface area contributed by atoms with E-state index in [-0.39, 0.29) is 6.61 Å². The van der Waals surface area contributed by atoms with Gasteiger partial charge in [-0.3, -0.25) is 4.84 Å². The van der Waals surface area contributed by atoms with Crippen molar-refractivity contribution in [2.75, 3.05) is 0 Å². The quantitative estimate of drug-likeness (QED) is 0.862. The van der Waals surface area contributed by atoms with E-state index in [0.29, 0.717) is 5.56 Å². The van der Waals surface area contributed by atoms with Gasteiger partial charge in [-0.15, -0.1) is 0 Å². The SMILES string of the molecule is O=S(=O)(NOCc1ccccc1)c1c(F)cccc1F. The molecule has 2 rings (SSSR count). The minimum atomic E-state index is -4.41. The van der Waals surface area contributed by atoms with E-state index in [1.165, 1.54) is 0 Å². The summed E-state index contributed by atoms with van der Waals surface area (Å²) in [6.45, 7) is -0.0594. The van der Waals surface area contributed by atoms with Crippen LogP contribution in [0.25, 0.3) is 0 Å². The Morgan fingerprint density at radius 3 is 2.15 bits per heavy atom. The molecule has 0 amide bonds. The van der Waals surface area contributed by atoms with Crippen LogP contribution in [-0.4, -0.2) is 8.42 Å². The monoisotopic (exact) mass is 299 g/mol. The normalized spacial score (nSPS) is 11.5. The van der Waals surface area contributed by atoms with Gasteiger partial charge in [0.1, 0.15) is 11.6 Å². The lowest BCUT2D eigenvalue weighted by Gasteiger charge is -2.08. The topological polar surface area (TPSA) is 55.4 Å². The summed E-state index contributed by atoms with van der Waals surface area (Å²) < 4.78 is 50.3. The van der Waals surface area contributed by atoms with Gasteiger partial charge >= 0.3 is 0 Å². The molecule has 0 heterocycles. The van der Waals surface area contributed by atoms with Crippen LogP contribution >= 0.6 is 0 Å². The number of hydrogen-bond donors (Lipinski definition) is 1. The average molecular weight is 299 g/mol. The fourth-order valence-corrected chi connectivity index (χ4v) is 2.49. The molecule has 2 aromatic rings. The lowest BCUT2D eigenvalue weighted by molar-refractivity contribution is 0.0792. The molecule has 0 fully saturated rings. The maximum atomic E-state index is 13.4. The molecule has 0 atom stereocenters. The molecule has 0 saturated heterocycles. The molecule has 0 aliphatic rings. The van der Waals surface area contributed by atoms with Crippen LogP contribution in [-0.2, 0) is 21.5 Å².